The van der Waals surface area contributed by atoms with Gasteiger partial charge in [-0.25, -0.2) is 4.79 Å². The third-order valence-electron chi connectivity index (χ3n) is 9.99. The van der Waals surface area contributed by atoms with E-state index in [0.717, 1.165) is 16.7 Å². The van der Waals surface area contributed by atoms with Gasteiger partial charge < -0.3 is 30.5 Å². The molecule has 1 saturated heterocycles. The lowest BCUT2D eigenvalue weighted by Gasteiger charge is -2.25. The number of likely N-dealkylation sites (tertiary alicyclic amines) is 1. The quantitative estimate of drug-likeness (QED) is 0.250. The molecule has 3 fully saturated rings. The first-order valence-corrected chi connectivity index (χ1v) is 17.4. The molecule has 11 heteroatoms. The fraction of sp³-hybridized carbons (Fsp3) is 0.410. The Labute approximate surface area is 292 Å². The van der Waals surface area contributed by atoms with Crippen LogP contribution < -0.4 is 16.0 Å². The molecule has 5 amide bonds. The number of hydrogen-bond donors (Lipinski definition) is 3. The van der Waals surface area contributed by atoms with Gasteiger partial charge in [0.15, 0.2) is 0 Å². The summed E-state index contributed by atoms with van der Waals surface area (Å²) in [4.78, 5) is 69.0. The lowest BCUT2D eigenvalue weighted by atomic mass is 10.0. The van der Waals surface area contributed by atoms with E-state index in [0.29, 0.717) is 32.2 Å². The smallest absolute Gasteiger partial charge is 0.407 e. The zero-order valence-corrected chi connectivity index (χ0v) is 28.5. The summed E-state index contributed by atoms with van der Waals surface area (Å²) in [6.45, 7) is 0.346. The first-order valence-electron chi connectivity index (χ1n) is 17.4. The van der Waals surface area contributed by atoms with Crippen LogP contribution in [0.3, 0.4) is 0 Å². The summed E-state index contributed by atoms with van der Waals surface area (Å²) >= 11 is 0. The van der Waals surface area contributed by atoms with Crippen LogP contribution >= 0.6 is 0 Å². The molecule has 262 valence electrons. The van der Waals surface area contributed by atoms with Crippen LogP contribution in [-0.4, -0.2) is 72.7 Å². The molecule has 1 aliphatic heterocycles. The van der Waals surface area contributed by atoms with Gasteiger partial charge in [-0.2, -0.15) is 0 Å². The number of rotatable bonds is 13. The zero-order chi connectivity index (χ0) is 35.2. The van der Waals surface area contributed by atoms with Gasteiger partial charge in [-0.05, 0) is 54.2 Å². The normalized spacial score (nSPS) is 23.2. The summed E-state index contributed by atoms with van der Waals surface area (Å²) < 4.78 is 5.49. The fourth-order valence-corrected chi connectivity index (χ4v) is 7.18. The van der Waals surface area contributed by atoms with E-state index in [1.165, 1.54) is 0 Å². The topological polar surface area (TPSA) is 137 Å². The van der Waals surface area contributed by atoms with Gasteiger partial charge in [-0.15, -0.1) is 0 Å². The number of hydrogen-bond acceptors (Lipinski definition) is 6. The highest BCUT2D eigenvalue weighted by molar-refractivity contribution is 5.92. The van der Waals surface area contributed by atoms with Crippen molar-refractivity contribution in [1.82, 2.24) is 25.8 Å². The highest BCUT2D eigenvalue weighted by Gasteiger charge is 2.52. The van der Waals surface area contributed by atoms with Crippen molar-refractivity contribution in [3.63, 3.8) is 0 Å². The van der Waals surface area contributed by atoms with Crippen molar-refractivity contribution < 1.29 is 28.7 Å². The van der Waals surface area contributed by atoms with E-state index in [-0.39, 0.29) is 66.5 Å². The van der Waals surface area contributed by atoms with Crippen LogP contribution in [0, 0.1) is 23.7 Å². The van der Waals surface area contributed by atoms with E-state index >= 15 is 0 Å². The Morgan fingerprint density at radius 2 is 1.34 bits per heavy atom. The van der Waals surface area contributed by atoms with Crippen molar-refractivity contribution in [3.05, 3.63) is 108 Å². The highest BCUT2D eigenvalue weighted by Crippen LogP contribution is 2.50. The Bertz CT molecular complexity index is 1670. The van der Waals surface area contributed by atoms with Crippen molar-refractivity contribution in [2.75, 3.05) is 27.2 Å². The predicted molar refractivity (Wildman–Crippen MR) is 186 cm³/mol. The molecular weight excluding hydrogens is 634 g/mol. The molecule has 3 aliphatic rings. The molecule has 11 nitrogen and oxygen atoms in total. The Balaban J connectivity index is 1.04. The molecule has 6 rings (SSSR count). The molecule has 3 aromatic carbocycles. The first kappa shape index (κ1) is 34.7. The third-order valence-corrected chi connectivity index (χ3v) is 9.99. The van der Waals surface area contributed by atoms with E-state index < -0.39 is 18.2 Å². The Morgan fingerprint density at radius 3 is 1.96 bits per heavy atom. The fourth-order valence-electron chi connectivity index (χ4n) is 7.18. The molecular formula is C39H45N5O6. The van der Waals surface area contributed by atoms with Crippen LogP contribution in [0.25, 0.3) is 0 Å². The Hall–Kier alpha value is -5.19. The second-order valence-corrected chi connectivity index (χ2v) is 13.7. The van der Waals surface area contributed by atoms with Crippen LogP contribution in [0.2, 0.25) is 0 Å². The maximum Gasteiger partial charge on any atom is 0.407 e. The largest absolute Gasteiger partial charge is 0.445 e. The minimum Gasteiger partial charge on any atom is -0.445 e. The molecule has 7 atom stereocenters. The molecule has 0 bridgehead atoms. The van der Waals surface area contributed by atoms with Crippen LogP contribution in [0.15, 0.2) is 91.0 Å². The number of carbonyl (C=O) groups is 5. The van der Waals surface area contributed by atoms with E-state index in [9.17, 15) is 24.0 Å². The molecule has 2 saturated carbocycles. The number of benzene rings is 3. The summed E-state index contributed by atoms with van der Waals surface area (Å²) in [6.07, 6.45) is 1.88. The van der Waals surface area contributed by atoms with E-state index in [4.69, 9.17) is 4.74 Å². The summed E-state index contributed by atoms with van der Waals surface area (Å²) in [5.41, 5.74) is 2.66. The van der Waals surface area contributed by atoms with Gasteiger partial charge in [0.25, 0.3) is 0 Å². The van der Waals surface area contributed by atoms with Crippen LogP contribution in [-0.2, 0) is 30.5 Å². The number of alkyl carbamates (subject to hydrolysis) is 1. The lowest BCUT2D eigenvalue weighted by Crippen LogP contribution is -2.49. The zero-order valence-electron chi connectivity index (χ0n) is 28.5. The predicted octanol–water partition coefficient (Wildman–Crippen LogP) is 3.98. The maximum absolute atomic E-state index is 13.8. The van der Waals surface area contributed by atoms with Gasteiger partial charge in [0.05, 0.1) is 18.6 Å². The molecule has 0 radical (unpaired) electrons. The van der Waals surface area contributed by atoms with Crippen molar-refractivity contribution in [2.24, 2.45) is 23.7 Å². The summed E-state index contributed by atoms with van der Waals surface area (Å²) in [5, 5.41) is 8.79. The average Bonchev–Trinajstić information content (AvgIpc) is 4.06. The molecule has 0 aromatic heterocycles. The van der Waals surface area contributed by atoms with Crippen LogP contribution in [0.5, 0.6) is 0 Å². The van der Waals surface area contributed by atoms with Crippen molar-refractivity contribution in [3.8, 4) is 0 Å². The Morgan fingerprint density at radius 1 is 0.780 bits per heavy atom. The second-order valence-electron chi connectivity index (χ2n) is 13.7. The molecule has 2 aliphatic carbocycles. The second kappa shape index (κ2) is 15.6. The average molecular weight is 680 g/mol. The SMILES string of the molecule is CN(C)C(=O)[C@H]1C[C@H]1[C@H](NC(=O)CNC(=O)[C@@H]1CCCN1C(=O)[C@H]1C[C@H]1[C@H](NC(=O)OCc1ccccc1)c1ccccc1)c1ccccc1. The standard InChI is InChI=1S/C39H45N5O6/c1-43(2)37(47)30-21-28(30)34(26-15-8-4-9-16-26)41-33(45)23-40-36(46)32-19-12-20-44(32)38(48)31-22-29(31)35(27-17-10-5-11-18-27)42-39(49)50-24-25-13-6-3-7-14-25/h3-11,13-18,28-32,34-35H,12,19-24H2,1-2H3,(H,40,46)(H,41,45)(H,42,49)/t28-,29-,30+,31+,32+,34-,35-/m1/s1. The van der Waals surface area contributed by atoms with Gasteiger partial charge in [0.2, 0.25) is 23.6 Å². The van der Waals surface area contributed by atoms with Gasteiger partial charge in [0.1, 0.15) is 12.6 Å². The number of amides is 5. The van der Waals surface area contributed by atoms with E-state index in [1.807, 2.05) is 91.0 Å². The number of nitrogens with one attached hydrogen (secondary N) is 3. The van der Waals surface area contributed by atoms with Crippen LogP contribution in [0.1, 0.15) is 54.5 Å². The number of nitrogens with zero attached hydrogens (tertiary/aromatic N) is 2. The Kier molecular flexibility index (Phi) is 10.8. The molecule has 50 heavy (non-hydrogen) atoms. The monoisotopic (exact) mass is 679 g/mol. The van der Waals surface area contributed by atoms with Crippen molar-refractivity contribution in [1.29, 1.82) is 0 Å². The van der Waals surface area contributed by atoms with E-state index in [1.54, 1.807) is 23.9 Å². The molecule has 3 aromatic rings. The van der Waals surface area contributed by atoms with Gasteiger partial charge in [-0.1, -0.05) is 91.0 Å². The molecule has 3 N–H and O–H groups in total. The summed E-state index contributed by atoms with van der Waals surface area (Å²) in [5.74, 6) is -1.49. The van der Waals surface area contributed by atoms with Crippen LogP contribution in [0.4, 0.5) is 4.79 Å². The molecule has 1 heterocycles. The van der Waals surface area contributed by atoms with E-state index in [2.05, 4.69) is 16.0 Å². The maximum atomic E-state index is 13.8. The molecule has 0 unspecified atom stereocenters. The van der Waals surface area contributed by atoms with Gasteiger partial charge in [-0.3, -0.25) is 19.2 Å². The molecule has 0 spiro atoms. The highest BCUT2D eigenvalue weighted by atomic mass is 16.5. The van der Waals surface area contributed by atoms with Gasteiger partial charge >= 0.3 is 6.09 Å². The lowest BCUT2D eigenvalue weighted by molar-refractivity contribution is -0.140. The van der Waals surface area contributed by atoms with Crippen molar-refractivity contribution >= 4 is 29.7 Å². The number of carbonyl (C=O) groups excluding carboxylic acids is 5. The summed E-state index contributed by atoms with van der Waals surface area (Å²) in [7, 11) is 3.46. The first-order chi connectivity index (χ1) is 24.2. The minimum absolute atomic E-state index is 0.0266. The summed E-state index contributed by atoms with van der Waals surface area (Å²) in [6, 6.07) is 27.0. The van der Waals surface area contributed by atoms with Crippen molar-refractivity contribution in [2.45, 2.75) is 50.4 Å². The van der Waals surface area contributed by atoms with Gasteiger partial charge in [0, 0.05) is 32.5 Å². The number of ether oxygens (including phenoxy) is 1. The minimum atomic E-state index is -0.675. The third kappa shape index (κ3) is 8.33.